The van der Waals surface area contributed by atoms with Crippen LogP contribution in [0.3, 0.4) is 0 Å². The molecule has 0 bridgehead atoms. The van der Waals surface area contributed by atoms with Gasteiger partial charge in [-0.25, -0.2) is 0 Å². The van der Waals surface area contributed by atoms with Crippen LogP contribution in [0.15, 0.2) is 51.9 Å². The molecule has 0 radical (unpaired) electrons. The smallest absolute Gasteiger partial charge is 0.198 e. The molecule has 0 aliphatic carbocycles. The highest BCUT2D eigenvalue weighted by molar-refractivity contribution is 9.10. The number of aromatic amines is 1. The lowest BCUT2D eigenvalue weighted by molar-refractivity contribution is 0.101. The van der Waals surface area contributed by atoms with E-state index in [1.807, 2.05) is 24.3 Å². The molecule has 0 aliphatic heterocycles. The van der Waals surface area contributed by atoms with Gasteiger partial charge in [0.2, 0.25) is 0 Å². The molecule has 2 N–H and O–H groups in total. The highest BCUT2D eigenvalue weighted by Crippen LogP contribution is 2.28. The summed E-state index contributed by atoms with van der Waals surface area (Å²) in [6, 6.07) is 12.8. The van der Waals surface area contributed by atoms with Gasteiger partial charge in [-0.05, 0) is 37.3 Å². The molecule has 3 rings (SSSR count). The van der Waals surface area contributed by atoms with Crippen LogP contribution in [0.5, 0.6) is 5.88 Å². The fourth-order valence-electron chi connectivity index (χ4n) is 2.25. The van der Waals surface area contributed by atoms with Gasteiger partial charge in [-0.2, -0.15) is 0 Å². The summed E-state index contributed by atoms with van der Waals surface area (Å²) in [4.78, 5) is 18.7. The molecule has 0 saturated carbocycles. The predicted octanol–water partition coefficient (Wildman–Crippen LogP) is 4.59. The molecule has 0 atom stereocenters. The number of hydrogen-bond acceptors (Lipinski definition) is 3. The maximum atomic E-state index is 11.4. The molecule has 2 aromatic carbocycles. The Hall–Kier alpha value is -2.40. The van der Waals surface area contributed by atoms with E-state index in [0.717, 1.165) is 15.4 Å². The Morgan fingerprint density at radius 2 is 2.09 bits per heavy atom. The number of Topliss-reactive ketones (excluding diaryl/α,β-unsaturated/α-hetero) is 1. The van der Waals surface area contributed by atoms with Gasteiger partial charge in [-0.3, -0.25) is 9.79 Å². The SMILES string of the molecule is CC(=O)c1cccc(N=Cc2c(O)[nH]c3ccc(Br)cc23)c1. The van der Waals surface area contributed by atoms with Crippen LogP contribution in [-0.2, 0) is 0 Å². The molecule has 0 aliphatic rings. The average molecular weight is 357 g/mol. The van der Waals surface area contributed by atoms with E-state index < -0.39 is 0 Å². The number of ketones is 1. The van der Waals surface area contributed by atoms with Crippen molar-refractivity contribution in [3.8, 4) is 5.88 Å². The number of benzene rings is 2. The third-order valence-electron chi connectivity index (χ3n) is 3.38. The fraction of sp³-hybridized carbons (Fsp3) is 0.0588. The summed E-state index contributed by atoms with van der Waals surface area (Å²) in [5, 5.41) is 10.9. The fourth-order valence-corrected chi connectivity index (χ4v) is 2.61. The minimum absolute atomic E-state index is 0.00378. The second-order valence-electron chi connectivity index (χ2n) is 4.94. The number of hydrogen-bond donors (Lipinski definition) is 2. The lowest BCUT2D eigenvalue weighted by Crippen LogP contribution is -1.90. The molecule has 0 unspecified atom stereocenters. The van der Waals surface area contributed by atoms with Crippen molar-refractivity contribution in [2.45, 2.75) is 6.92 Å². The Bertz CT molecular complexity index is 897. The first kappa shape index (κ1) is 14.5. The number of rotatable bonds is 3. The molecule has 0 spiro atoms. The first-order valence-electron chi connectivity index (χ1n) is 6.70. The number of nitrogens with one attached hydrogen (secondary N) is 1. The number of halogens is 1. The number of carbonyl (C=O) groups is 1. The zero-order valence-electron chi connectivity index (χ0n) is 11.8. The zero-order valence-corrected chi connectivity index (χ0v) is 13.4. The second kappa shape index (κ2) is 5.77. The molecule has 1 heterocycles. The largest absolute Gasteiger partial charge is 0.494 e. The third-order valence-corrected chi connectivity index (χ3v) is 3.87. The molecular weight excluding hydrogens is 344 g/mol. The van der Waals surface area contributed by atoms with Crippen molar-refractivity contribution >= 4 is 44.5 Å². The highest BCUT2D eigenvalue weighted by atomic mass is 79.9. The Morgan fingerprint density at radius 1 is 1.27 bits per heavy atom. The summed E-state index contributed by atoms with van der Waals surface area (Å²) in [5.74, 6) is 0.0653. The van der Waals surface area contributed by atoms with E-state index >= 15 is 0 Å². The molecule has 22 heavy (non-hydrogen) atoms. The quantitative estimate of drug-likeness (QED) is 0.532. The normalized spacial score (nSPS) is 11.4. The van der Waals surface area contributed by atoms with Gasteiger partial charge in [0.1, 0.15) is 0 Å². The summed E-state index contributed by atoms with van der Waals surface area (Å²) in [5.41, 5.74) is 2.72. The van der Waals surface area contributed by atoms with Crippen molar-refractivity contribution in [2.24, 2.45) is 4.99 Å². The lowest BCUT2D eigenvalue weighted by Gasteiger charge is -1.98. The molecule has 5 heteroatoms. The van der Waals surface area contributed by atoms with Gasteiger partial charge in [0.05, 0.1) is 11.3 Å². The molecule has 1 aromatic heterocycles. The van der Waals surface area contributed by atoms with Crippen molar-refractivity contribution in [2.75, 3.05) is 0 Å². The molecule has 4 nitrogen and oxygen atoms in total. The van der Waals surface area contributed by atoms with Crippen LogP contribution < -0.4 is 0 Å². The Morgan fingerprint density at radius 3 is 2.86 bits per heavy atom. The van der Waals surface area contributed by atoms with Crippen LogP contribution in [0.25, 0.3) is 10.9 Å². The zero-order chi connectivity index (χ0) is 15.7. The number of fused-ring (bicyclic) bond motifs is 1. The maximum Gasteiger partial charge on any atom is 0.198 e. The number of carbonyl (C=O) groups excluding carboxylic acids is 1. The van der Waals surface area contributed by atoms with Crippen molar-refractivity contribution in [3.05, 3.63) is 58.1 Å². The highest BCUT2D eigenvalue weighted by Gasteiger charge is 2.09. The standard InChI is InChI=1S/C17H13BrN2O2/c1-10(21)11-3-2-4-13(7-11)19-9-15-14-8-12(18)5-6-16(14)20-17(15)22/h2-9,20,22H,1H3. The van der Waals surface area contributed by atoms with E-state index in [0.29, 0.717) is 16.8 Å². The summed E-state index contributed by atoms with van der Waals surface area (Å²) < 4.78 is 0.923. The summed E-state index contributed by atoms with van der Waals surface area (Å²) in [7, 11) is 0. The first-order valence-corrected chi connectivity index (χ1v) is 7.49. The summed E-state index contributed by atoms with van der Waals surface area (Å²) in [6.45, 7) is 1.52. The van der Waals surface area contributed by atoms with Crippen LogP contribution >= 0.6 is 15.9 Å². The van der Waals surface area contributed by atoms with Crippen molar-refractivity contribution < 1.29 is 9.90 Å². The molecule has 0 saturated heterocycles. The van der Waals surface area contributed by atoms with Gasteiger partial charge in [0.15, 0.2) is 11.7 Å². The van der Waals surface area contributed by atoms with Gasteiger partial charge < -0.3 is 10.1 Å². The lowest BCUT2D eigenvalue weighted by atomic mass is 10.1. The van der Waals surface area contributed by atoms with Gasteiger partial charge >= 0.3 is 0 Å². The summed E-state index contributed by atoms with van der Waals surface area (Å²) >= 11 is 3.42. The summed E-state index contributed by atoms with van der Waals surface area (Å²) in [6.07, 6.45) is 1.60. The van der Waals surface area contributed by atoms with Gasteiger partial charge in [-0.1, -0.05) is 28.1 Å². The number of aromatic nitrogens is 1. The van der Waals surface area contributed by atoms with Gasteiger partial charge in [0.25, 0.3) is 0 Å². The number of nitrogens with zero attached hydrogens (tertiary/aromatic N) is 1. The monoisotopic (exact) mass is 356 g/mol. The molecule has 3 aromatic rings. The second-order valence-corrected chi connectivity index (χ2v) is 5.86. The van der Waals surface area contributed by atoms with Gasteiger partial charge in [-0.15, -0.1) is 0 Å². The van der Waals surface area contributed by atoms with E-state index in [9.17, 15) is 9.90 Å². The van der Waals surface area contributed by atoms with Crippen LogP contribution in [0.2, 0.25) is 0 Å². The van der Waals surface area contributed by atoms with E-state index in [4.69, 9.17) is 0 Å². The van der Waals surface area contributed by atoms with E-state index in [1.165, 1.54) is 6.92 Å². The molecule has 0 amide bonds. The number of aromatic hydroxyl groups is 1. The van der Waals surface area contributed by atoms with Crippen molar-refractivity contribution in [1.29, 1.82) is 0 Å². The van der Waals surface area contributed by atoms with Gasteiger partial charge in [0, 0.05) is 27.2 Å². The van der Waals surface area contributed by atoms with E-state index in [-0.39, 0.29) is 11.7 Å². The number of H-pyrrole nitrogens is 1. The average Bonchev–Trinajstić information content (AvgIpc) is 2.80. The minimum atomic E-state index is -0.00378. The molecule has 110 valence electrons. The molecule has 0 fully saturated rings. The maximum absolute atomic E-state index is 11.4. The number of aliphatic imine (C=N–C) groups is 1. The van der Waals surface area contributed by atoms with E-state index in [2.05, 4.69) is 25.9 Å². The van der Waals surface area contributed by atoms with Crippen LogP contribution in [-0.4, -0.2) is 22.1 Å². The van der Waals surface area contributed by atoms with Crippen molar-refractivity contribution in [3.63, 3.8) is 0 Å². The third kappa shape index (κ3) is 2.80. The molecular formula is C17H13BrN2O2. The van der Waals surface area contributed by atoms with Crippen LogP contribution in [0.4, 0.5) is 5.69 Å². The Kier molecular flexibility index (Phi) is 3.81. The van der Waals surface area contributed by atoms with Crippen LogP contribution in [0, 0.1) is 0 Å². The Balaban J connectivity index is 2.02. The van der Waals surface area contributed by atoms with E-state index in [1.54, 1.807) is 24.4 Å². The predicted molar refractivity (Wildman–Crippen MR) is 91.4 cm³/mol. The van der Waals surface area contributed by atoms with Crippen molar-refractivity contribution in [1.82, 2.24) is 4.98 Å². The topological polar surface area (TPSA) is 65.4 Å². The minimum Gasteiger partial charge on any atom is -0.494 e. The van der Waals surface area contributed by atoms with Crippen LogP contribution in [0.1, 0.15) is 22.8 Å². The first-order chi connectivity index (χ1) is 10.5. The Labute approximate surface area is 135 Å².